The van der Waals surface area contributed by atoms with Gasteiger partial charge in [0, 0.05) is 50.0 Å². The second-order valence-corrected chi connectivity index (χ2v) is 7.14. The Morgan fingerprint density at radius 2 is 1.80 bits per heavy atom. The van der Waals surface area contributed by atoms with Gasteiger partial charge in [0.25, 0.3) is 11.6 Å². The lowest BCUT2D eigenvalue weighted by Gasteiger charge is -2.36. The Morgan fingerprint density at radius 3 is 2.40 bits per heavy atom. The van der Waals surface area contributed by atoms with Gasteiger partial charge in [0.2, 0.25) is 0 Å². The van der Waals surface area contributed by atoms with Gasteiger partial charge in [0.15, 0.2) is 0 Å². The molecule has 0 aliphatic carbocycles. The predicted molar refractivity (Wildman–Crippen MR) is 118 cm³/mol. The second-order valence-electron chi connectivity index (χ2n) is 7.14. The topological polar surface area (TPSA) is 88.0 Å². The van der Waals surface area contributed by atoms with Crippen LogP contribution in [0.1, 0.15) is 30.6 Å². The molecule has 30 heavy (non-hydrogen) atoms. The highest BCUT2D eigenvalue weighted by atomic mass is 16.6. The van der Waals surface area contributed by atoms with Crippen molar-refractivity contribution in [3.05, 3.63) is 58.1 Å². The number of anilines is 2. The number of nitro benzene ring substituents is 1. The van der Waals surface area contributed by atoms with Gasteiger partial charge in [-0.15, -0.1) is 0 Å². The second kappa shape index (κ2) is 9.96. The average molecular weight is 412 g/mol. The van der Waals surface area contributed by atoms with Crippen LogP contribution >= 0.6 is 0 Å². The van der Waals surface area contributed by atoms with E-state index in [1.807, 2.05) is 30.0 Å². The van der Waals surface area contributed by atoms with Crippen molar-refractivity contribution in [2.24, 2.45) is 0 Å². The molecule has 1 aliphatic heterocycles. The molecular formula is C22H28N4O4. The van der Waals surface area contributed by atoms with E-state index in [2.05, 4.69) is 17.1 Å². The third-order valence-electron chi connectivity index (χ3n) is 5.05. The van der Waals surface area contributed by atoms with Crippen LogP contribution in [0, 0.1) is 10.1 Å². The number of benzene rings is 2. The Balaban J connectivity index is 1.62. The Morgan fingerprint density at radius 1 is 1.10 bits per heavy atom. The van der Waals surface area contributed by atoms with Crippen molar-refractivity contribution in [3.8, 4) is 5.75 Å². The van der Waals surface area contributed by atoms with Crippen molar-refractivity contribution in [2.75, 3.05) is 49.5 Å². The highest BCUT2D eigenvalue weighted by Gasteiger charge is 2.24. The Kier molecular flexibility index (Phi) is 7.11. The molecule has 1 amide bonds. The summed E-state index contributed by atoms with van der Waals surface area (Å²) in [5.41, 5.74) is 2.16. The summed E-state index contributed by atoms with van der Waals surface area (Å²) in [5.74, 6) is 0.779. The van der Waals surface area contributed by atoms with Gasteiger partial charge < -0.3 is 19.9 Å². The fourth-order valence-electron chi connectivity index (χ4n) is 3.48. The molecular weight excluding hydrogens is 384 g/mol. The van der Waals surface area contributed by atoms with E-state index in [-0.39, 0.29) is 16.5 Å². The van der Waals surface area contributed by atoms with Crippen LogP contribution in [-0.2, 0) is 0 Å². The lowest BCUT2D eigenvalue weighted by molar-refractivity contribution is -0.383. The van der Waals surface area contributed by atoms with Gasteiger partial charge in [0.1, 0.15) is 11.4 Å². The first-order chi connectivity index (χ1) is 14.5. The minimum Gasteiger partial charge on any atom is -0.494 e. The normalized spacial score (nSPS) is 13.8. The van der Waals surface area contributed by atoms with Crippen LogP contribution in [0.2, 0.25) is 0 Å². The van der Waals surface area contributed by atoms with Crippen LogP contribution in [-0.4, -0.2) is 55.1 Å². The summed E-state index contributed by atoms with van der Waals surface area (Å²) in [6, 6.07) is 12.4. The standard InChI is InChI=1S/C22H28N4O4/c1-3-15-30-19-8-5-17(6-9-19)22(27)25-13-11-24(12-14-25)18-7-10-21(26(28)29)20(16-18)23-4-2/h5-10,16,23H,3-4,11-15H2,1-2H3. The van der Waals surface area contributed by atoms with Crippen LogP contribution in [0.15, 0.2) is 42.5 Å². The van der Waals surface area contributed by atoms with Gasteiger partial charge >= 0.3 is 0 Å². The summed E-state index contributed by atoms with van der Waals surface area (Å²) in [7, 11) is 0. The fourth-order valence-corrected chi connectivity index (χ4v) is 3.48. The zero-order valence-electron chi connectivity index (χ0n) is 17.5. The molecule has 1 saturated heterocycles. The molecule has 0 atom stereocenters. The minimum atomic E-state index is -0.378. The van der Waals surface area contributed by atoms with Crippen LogP contribution in [0.4, 0.5) is 17.1 Å². The SMILES string of the molecule is CCCOc1ccc(C(=O)N2CCN(c3ccc([N+](=O)[O-])c(NCC)c3)CC2)cc1. The number of hydrogen-bond donors (Lipinski definition) is 1. The Hall–Kier alpha value is -3.29. The van der Waals surface area contributed by atoms with E-state index in [1.165, 1.54) is 6.07 Å². The van der Waals surface area contributed by atoms with Gasteiger partial charge in [-0.3, -0.25) is 14.9 Å². The quantitative estimate of drug-likeness (QED) is 0.524. The molecule has 0 radical (unpaired) electrons. The van der Waals surface area contributed by atoms with Crippen LogP contribution in [0.3, 0.4) is 0 Å². The molecule has 2 aromatic rings. The van der Waals surface area contributed by atoms with Crippen LogP contribution in [0.25, 0.3) is 0 Å². The molecule has 0 bridgehead atoms. The fraction of sp³-hybridized carbons (Fsp3) is 0.409. The van der Waals surface area contributed by atoms with Gasteiger partial charge in [-0.25, -0.2) is 0 Å². The molecule has 8 heteroatoms. The first-order valence-corrected chi connectivity index (χ1v) is 10.3. The van der Waals surface area contributed by atoms with E-state index in [4.69, 9.17) is 4.74 Å². The van der Waals surface area contributed by atoms with Gasteiger partial charge in [0.05, 0.1) is 11.5 Å². The zero-order chi connectivity index (χ0) is 21.5. The molecule has 3 rings (SSSR count). The number of hydrogen-bond acceptors (Lipinski definition) is 6. The molecule has 0 unspecified atom stereocenters. The number of piperazine rings is 1. The largest absolute Gasteiger partial charge is 0.494 e. The Labute approximate surface area is 176 Å². The number of carbonyl (C=O) groups excluding carboxylic acids is 1. The van der Waals surface area contributed by atoms with Crippen molar-refractivity contribution in [1.82, 2.24) is 4.90 Å². The summed E-state index contributed by atoms with van der Waals surface area (Å²) < 4.78 is 5.57. The van der Waals surface area contributed by atoms with E-state index in [0.29, 0.717) is 50.6 Å². The number of ether oxygens (including phenoxy) is 1. The maximum Gasteiger partial charge on any atom is 0.292 e. The molecule has 1 heterocycles. The van der Waals surface area contributed by atoms with Crippen LogP contribution < -0.4 is 15.0 Å². The van der Waals surface area contributed by atoms with Crippen molar-refractivity contribution in [1.29, 1.82) is 0 Å². The number of nitrogens with one attached hydrogen (secondary N) is 1. The molecule has 8 nitrogen and oxygen atoms in total. The average Bonchev–Trinajstić information content (AvgIpc) is 2.77. The van der Waals surface area contributed by atoms with Gasteiger partial charge in [-0.05, 0) is 49.7 Å². The van der Waals surface area contributed by atoms with Crippen molar-refractivity contribution in [2.45, 2.75) is 20.3 Å². The number of rotatable bonds is 8. The van der Waals surface area contributed by atoms with E-state index in [0.717, 1.165) is 17.9 Å². The monoisotopic (exact) mass is 412 g/mol. The number of carbonyl (C=O) groups is 1. The summed E-state index contributed by atoms with van der Waals surface area (Å²) >= 11 is 0. The van der Waals surface area contributed by atoms with E-state index in [9.17, 15) is 14.9 Å². The smallest absolute Gasteiger partial charge is 0.292 e. The van der Waals surface area contributed by atoms with Gasteiger partial charge in [-0.2, -0.15) is 0 Å². The molecule has 0 spiro atoms. The molecule has 160 valence electrons. The first-order valence-electron chi connectivity index (χ1n) is 10.3. The zero-order valence-corrected chi connectivity index (χ0v) is 17.5. The molecule has 1 aliphatic rings. The van der Waals surface area contributed by atoms with Crippen molar-refractivity contribution in [3.63, 3.8) is 0 Å². The summed E-state index contributed by atoms with van der Waals surface area (Å²) in [4.78, 5) is 27.6. The van der Waals surface area contributed by atoms with E-state index >= 15 is 0 Å². The van der Waals surface area contributed by atoms with Crippen molar-refractivity contribution >= 4 is 23.0 Å². The molecule has 1 fully saturated rings. The highest BCUT2D eigenvalue weighted by molar-refractivity contribution is 5.94. The van der Waals surface area contributed by atoms with E-state index < -0.39 is 0 Å². The number of nitro groups is 1. The Bertz CT molecular complexity index is 877. The lowest BCUT2D eigenvalue weighted by atomic mass is 10.1. The summed E-state index contributed by atoms with van der Waals surface area (Å²) in [6.45, 7) is 7.77. The predicted octanol–water partition coefficient (Wildman–Crippen LogP) is 3.78. The summed E-state index contributed by atoms with van der Waals surface area (Å²) in [6.07, 6.45) is 0.940. The summed E-state index contributed by atoms with van der Waals surface area (Å²) in [5, 5.41) is 14.3. The molecule has 1 N–H and O–H groups in total. The highest BCUT2D eigenvalue weighted by Crippen LogP contribution is 2.30. The first kappa shape index (κ1) is 21.4. The molecule has 0 aromatic heterocycles. The third-order valence-corrected chi connectivity index (χ3v) is 5.05. The van der Waals surface area contributed by atoms with Crippen molar-refractivity contribution < 1.29 is 14.5 Å². The maximum absolute atomic E-state index is 12.8. The van der Waals surface area contributed by atoms with E-state index in [1.54, 1.807) is 18.2 Å². The van der Waals surface area contributed by atoms with Gasteiger partial charge in [-0.1, -0.05) is 6.92 Å². The molecule has 0 saturated carbocycles. The lowest BCUT2D eigenvalue weighted by Crippen LogP contribution is -2.48. The molecule has 2 aromatic carbocycles. The number of nitrogens with zero attached hydrogens (tertiary/aromatic N) is 3. The minimum absolute atomic E-state index is 0.00808. The number of amides is 1. The van der Waals surface area contributed by atoms with Crippen LogP contribution in [0.5, 0.6) is 5.75 Å². The third kappa shape index (κ3) is 5.00. The maximum atomic E-state index is 12.8.